The summed E-state index contributed by atoms with van der Waals surface area (Å²) >= 11 is 6.30. The number of nitrogens with one attached hydrogen (secondary N) is 1. The van der Waals surface area contributed by atoms with Gasteiger partial charge in [0.1, 0.15) is 0 Å². The Bertz CT molecular complexity index is 1060. The van der Waals surface area contributed by atoms with Gasteiger partial charge < -0.3 is 10.4 Å². The molecule has 0 unspecified atom stereocenters. The van der Waals surface area contributed by atoms with E-state index in [1.54, 1.807) is 18.2 Å². The molecule has 2 aromatic carbocycles. The van der Waals surface area contributed by atoms with Crippen molar-refractivity contribution >= 4 is 29.2 Å². The SMILES string of the molecule is C[C@H]([C@H](C(=O)Nc1cc([C@@H](CC(=O)O)C2CC2)ccc1Cl)C1Cc2ccccc2C1)C(F)(F)F. The van der Waals surface area contributed by atoms with Crippen LogP contribution in [0.25, 0.3) is 0 Å². The van der Waals surface area contributed by atoms with Gasteiger partial charge in [-0.2, -0.15) is 13.2 Å². The highest BCUT2D eigenvalue weighted by atomic mass is 35.5. The molecular formula is C26H27ClF3NO3. The lowest BCUT2D eigenvalue weighted by atomic mass is 9.79. The van der Waals surface area contributed by atoms with Crippen molar-refractivity contribution in [3.05, 3.63) is 64.2 Å². The number of rotatable bonds is 8. The van der Waals surface area contributed by atoms with E-state index >= 15 is 0 Å². The van der Waals surface area contributed by atoms with Gasteiger partial charge in [-0.05, 0) is 72.3 Å². The fourth-order valence-corrected chi connectivity index (χ4v) is 5.39. The second-order valence-corrected chi connectivity index (χ2v) is 9.97. The van der Waals surface area contributed by atoms with Gasteiger partial charge in [0.2, 0.25) is 5.91 Å². The van der Waals surface area contributed by atoms with Crippen LogP contribution < -0.4 is 5.32 Å². The highest BCUT2D eigenvalue weighted by Gasteiger charge is 2.48. The third kappa shape index (κ3) is 5.40. The summed E-state index contributed by atoms with van der Waals surface area (Å²) in [5.74, 6) is -5.22. The van der Waals surface area contributed by atoms with Gasteiger partial charge in [0.25, 0.3) is 0 Å². The first-order valence-electron chi connectivity index (χ1n) is 11.5. The van der Waals surface area contributed by atoms with E-state index in [1.165, 1.54) is 0 Å². The monoisotopic (exact) mass is 493 g/mol. The molecule has 4 nitrogen and oxygen atoms in total. The van der Waals surface area contributed by atoms with Crippen LogP contribution in [0.2, 0.25) is 5.02 Å². The molecule has 0 saturated heterocycles. The van der Waals surface area contributed by atoms with E-state index in [2.05, 4.69) is 5.32 Å². The van der Waals surface area contributed by atoms with Crippen molar-refractivity contribution < 1.29 is 27.9 Å². The average molecular weight is 494 g/mol. The van der Waals surface area contributed by atoms with Crippen molar-refractivity contribution in [2.75, 3.05) is 5.32 Å². The van der Waals surface area contributed by atoms with Crippen molar-refractivity contribution in [2.24, 2.45) is 23.7 Å². The maximum Gasteiger partial charge on any atom is 0.392 e. The van der Waals surface area contributed by atoms with Crippen LogP contribution in [-0.4, -0.2) is 23.2 Å². The number of hydrogen-bond donors (Lipinski definition) is 2. The Morgan fingerprint density at radius 1 is 1.09 bits per heavy atom. The van der Waals surface area contributed by atoms with Gasteiger partial charge in [-0.15, -0.1) is 0 Å². The molecule has 1 amide bonds. The van der Waals surface area contributed by atoms with Crippen molar-refractivity contribution in [1.82, 2.24) is 0 Å². The van der Waals surface area contributed by atoms with Gasteiger partial charge in [0.05, 0.1) is 29.0 Å². The number of halogens is 4. The average Bonchev–Trinajstić information content (AvgIpc) is 3.51. The molecule has 3 atom stereocenters. The summed E-state index contributed by atoms with van der Waals surface area (Å²) in [6, 6.07) is 12.4. The van der Waals surface area contributed by atoms with E-state index in [0.717, 1.165) is 36.5 Å². The molecule has 8 heteroatoms. The number of hydrogen-bond acceptors (Lipinski definition) is 2. The number of amides is 1. The van der Waals surface area contributed by atoms with E-state index in [0.29, 0.717) is 12.8 Å². The van der Waals surface area contributed by atoms with Crippen molar-refractivity contribution in [1.29, 1.82) is 0 Å². The molecule has 34 heavy (non-hydrogen) atoms. The number of carboxylic acids is 1. The highest BCUT2D eigenvalue weighted by molar-refractivity contribution is 6.33. The molecule has 2 aromatic rings. The van der Waals surface area contributed by atoms with Crippen LogP contribution in [0.4, 0.5) is 18.9 Å². The summed E-state index contributed by atoms with van der Waals surface area (Å²) in [6.07, 6.45) is -1.91. The lowest BCUT2D eigenvalue weighted by molar-refractivity contribution is -0.190. The molecule has 0 heterocycles. The fourth-order valence-electron chi connectivity index (χ4n) is 5.23. The van der Waals surface area contributed by atoms with E-state index < -0.39 is 35.8 Å². The maximum atomic E-state index is 13.8. The zero-order valence-corrected chi connectivity index (χ0v) is 19.5. The molecule has 0 radical (unpaired) electrons. The topological polar surface area (TPSA) is 66.4 Å². The molecule has 0 aliphatic heterocycles. The van der Waals surface area contributed by atoms with Gasteiger partial charge in [-0.25, -0.2) is 0 Å². The normalized spacial score (nSPS) is 18.7. The molecule has 2 aliphatic rings. The Labute approximate surface area is 201 Å². The molecule has 0 aromatic heterocycles. The van der Waals surface area contributed by atoms with Gasteiger partial charge in [-0.3, -0.25) is 9.59 Å². The van der Waals surface area contributed by atoms with Gasteiger partial charge in [0.15, 0.2) is 0 Å². The first-order valence-corrected chi connectivity index (χ1v) is 11.9. The third-order valence-corrected chi connectivity index (χ3v) is 7.54. The number of anilines is 1. The van der Waals surface area contributed by atoms with Crippen LogP contribution in [0, 0.1) is 23.7 Å². The molecule has 0 bridgehead atoms. The van der Waals surface area contributed by atoms with Crippen LogP contribution in [-0.2, 0) is 22.4 Å². The maximum absolute atomic E-state index is 13.8. The number of alkyl halides is 3. The van der Waals surface area contributed by atoms with Gasteiger partial charge >= 0.3 is 12.1 Å². The first-order chi connectivity index (χ1) is 16.0. The molecular weight excluding hydrogens is 467 g/mol. The van der Waals surface area contributed by atoms with E-state index in [1.807, 2.05) is 24.3 Å². The smallest absolute Gasteiger partial charge is 0.392 e. The van der Waals surface area contributed by atoms with Crippen molar-refractivity contribution in [3.8, 4) is 0 Å². The number of fused-ring (bicyclic) bond motifs is 1. The van der Waals surface area contributed by atoms with E-state index in [4.69, 9.17) is 11.6 Å². The first kappa shape index (κ1) is 24.6. The molecule has 4 rings (SSSR count). The molecule has 0 spiro atoms. The zero-order valence-electron chi connectivity index (χ0n) is 18.7. The standard InChI is InChI=1S/C26H27ClF3NO3/c1-14(26(28,29)30)24(19-10-16-4-2-3-5-17(16)11-19)25(34)31-22-12-18(8-9-21(22)27)20(13-23(32)33)15-6-7-15/h2-5,8-9,12,14-15,19-20,24H,6-7,10-11,13H2,1H3,(H,31,34)(H,32,33)/t14-,20+,24+/m1/s1. The lowest BCUT2D eigenvalue weighted by Crippen LogP contribution is -2.41. The minimum Gasteiger partial charge on any atom is -0.481 e. The van der Waals surface area contributed by atoms with Crippen LogP contribution in [0.5, 0.6) is 0 Å². The quantitative estimate of drug-likeness (QED) is 0.442. The van der Waals surface area contributed by atoms with Gasteiger partial charge in [0, 0.05) is 0 Å². The van der Waals surface area contributed by atoms with Gasteiger partial charge in [-0.1, -0.05) is 48.9 Å². The summed E-state index contributed by atoms with van der Waals surface area (Å²) in [7, 11) is 0. The van der Waals surface area contributed by atoms with E-state index in [-0.39, 0.29) is 29.0 Å². The van der Waals surface area contributed by atoms with Crippen LogP contribution in [0.1, 0.15) is 48.8 Å². The van der Waals surface area contributed by atoms with E-state index in [9.17, 15) is 27.9 Å². The molecule has 1 saturated carbocycles. The highest BCUT2D eigenvalue weighted by Crippen LogP contribution is 2.46. The Hall–Kier alpha value is -2.54. The van der Waals surface area contributed by atoms with Crippen LogP contribution in [0.15, 0.2) is 42.5 Å². The minimum absolute atomic E-state index is 0.0479. The Balaban J connectivity index is 1.60. The number of carbonyl (C=O) groups is 2. The second-order valence-electron chi connectivity index (χ2n) is 9.56. The molecule has 2 N–H and O–H groups in total. The Kier molecular flexibility index (Phi) is 6.94. The van der Waals surface area contributed by atoms with Crippen molar-refractivity contribution in [3.63, 3.8) is 0 Å². The Morgan fingerprint density at radius 2 is 1.71 bits per heavy atom. The third-order valence-electron chi connectivity index (χ3n) is 7.21. The molecule has 182 valence electrons. The summed E-state index contributed by atoms with van der Waals surface area (Å²) in [5, 5.41) is 12.2. The summed E-state index contributed by atoms with van der Waals surface area (Å²) in [5.41, 5.74) is 2.88. The predicted octanol–water partition coefficient (Wildman–Crippen LogP) is 6.48. The zero-order chi connectivity index (χ0) is 24.6. The molecule has 1 fully saturated rings. The predicted molar refractivity (Wildman–Crippen MR) is 124 cm³/mol. The Morgan fingerprint density at radius 3 is 2.24 bits per heavy atom. The second kappa shape index (κ2) is 9.61. The number of benzene rings is 2. The molecule has 2 aliphatic carbocycles. The summed E-state index contributed by atoms with van der Waals surface area (Å²) < 4.78 is 41.4. The summed E-state index contributed by atoms with van der Waals surface area (Å²) in [4.78, 5) is 24.7. The largest absolute Gasteiger partial charge is 0.481 e. The van der Waals surface area contributed by atoms with Crippen molar-refractivity contribution in [2.45, 2.75) is 51.1 Å². The number of aliphatic carboxylic acids is 1. The van der Waals surface area contributed by atoms with Crippen LogP contribution >= 0.6 is 11.6 Å². The number of carbonyl (C=O) groups excluding carboxylic acids is 1. The van der Waals surface area contributed by atoms with Crippen LogP contribution in [0.3, 0.4) is 0 Å². The lowest BCUT2D eigenvalue weighted by Gasteiger charge is -2.30. The summed E-state index contributed by atoms with van der Waals surface area (Å²) in [6.45, 7) is 1.06. The fraction of sp³-hybridized carbons (Fsp3) is 0.462. The minimum atomic E-state index is -4.53. The number of carboxylic acid groups (broad SMARTS) is 1.